The lowest BCUT2D eigenvalue weighted by atomic mass is 10.0. The molecular formula is C19H25NO5S. The Bertz CT molecular complexity index is 834. The lowest BCUT2D eigenvalue weighted by Gasteiger charge is -2.15. The molecule has 0 amide bonds. The van der Waals surface area contributed by atoms with Gasteiger partial charge in [-0.15, -0.1) is 0 Å². The maximum atomic E-state index is 12.6. The second-order valence-electron chi connectivity index (χ2n) is 5.96. The number of rotatable bonds is 9. The predicted molar refractivity (Wildman–Crippen MR) is 101 cm³/mol. The molecule has 2 rings (SSSR count). The van der Waals surface area contributed by atoms with Gasteiger partial charge in [0, 0.05) is 12.6 Å². The van der Waals surface area contributed by atoms with Crippen LogP contribution in [0.15, 0.2) is 47.4 Å². The first-order valence-corrected chi connectivity index (χ1v) is 9.80. The molecular weight excluding hydrogens is 354 g/mol. The van der Waals surface area contributed by atoms with Gasteiger partial charge < -0.3 is 14.2 Å². The minimum Gasteiger partial charge on any atom is -0.497 e. The summed E-state index contributed by atoms with van der Waals surface area (Å²) in [5, 5.41) is 0. The minimum atomic E-state index is -3.75. The number of hydrogen-bond acceptors (Lipinski definition) is 5. The van der Waals surface area contributed by atoms with Gasteiger partial charge in [0.2, 0.25) is 10.0 Å². The standard InChI is InChI=1S/C19H25NO5S/c1-14(2)16-7-5-6-8-17(16)25-12-11-20-26(21,22)19-13-15(23-3)9-10-18(19)24-4/h5-10,13-14,20H,11-12H2,1-4H3. The van der Waals surface area contributed by atoms with E-state index in [1.807, 2.05) is 24.3 Å². The molecule has 6 nitrogen and oxygen atoms in total. The number of benzene rings is 2. The highest BCUT2D eigenvalue weighted by Crippen LogP contribution is 2.28. The van der Waals surface area contributed by atoms with Gasteiger partial charge in [0.1, 0.15) is 28.8 Å². The Labute approximate surface area is 155 Å². The Kier molecular flexibility index (Phi) is 6.88. The van der Waals surface area contributed by atoms with Crippen LogP contribution in [0.25, 0.3) is 0 Å². The van der Waals surface area contributed by atoms with Crippen LogP contribution in [-0.4, -0.2) is 35.8 Å². The zero-order chi connectivity index (χ0) is 19.2. The van der Waals surface area contributed by atoms with E-state index in [4.69, 9.17) is 14.2 Å². The van der Waals surface area contributed by atoms with Crippen molar-refractivity contribution in [2.75, 3.05) is 27.4 Å². The van der Waals surface area contributed by atoms with Gasteiger partial charge in [-0.2, -0.15) is 0 Å². The van der Waals surface area contributed by atoms with Crippen LogP contribution < -0.4 is 18.9 Å². The third-order valence-corrected chi connectivity index (χ3v) is 5.34. The van der Waals surface area contributed by atoms with Crippen LogP contribution in [0.1, 0.15) is 25.3 Å². The van der Waals surface area contributed by atoms with Gasteiger partial charge in [0.25, 0.3) is 0 Å². The fourth-order valence-electron chi connectivity index (χ4n) is 2.50. The lowest BCUT2D eigenvalue weighted by molar-refractivity contribution is 0.318. The molecule has 0 aromatic heterocycles. The first-order chi connectivity index (χ1) is 12.4. The molecule has 0 atom stereocenters. The van der Waals surface area contributed by atoms with Crippen molar-refractivity contribution in [3.05, 3.63) is 48.0 Å². The zero-order valence-electron chi connectivity index (χ0n) is 15.5. The van der Waals surface area contributed by atoms with E-state index in [-0.39, 0.29) is 23.8 Å². The normalized spacial score (nSPS) is 11.4. The summed E-state index contributed by atoms with van der Waals surface area (Å²) in [5.74, 6) is 1.78. The second kappa shape index (κ2) is 8.91. The third-order valence-electron chi connectivity index (χ3n) is 3.85. The van der Waals surface area contributed by atoms with Crippen LogP contribution in [-0.2, 0) is 10.0 Å². The quantitative estimate of drug-likeness (QED) is 0.678. The maximum absolute atomic E-state index is 12.6. The van der Waals surface area contributed by atoms with Gasteiger partial charge in [0.05, 0.1) is 14.2 Å². The van der Waals surface area contributed by atoms with Crippen molar-refractivity contribution >= 4 is 10.0 Å². The van der Waals surface area contributed by atoms with Gasteiger partial charge in [-0.1, -0.05) is 32.0 Å². The molecule has 0 saturated heterocycles. The zero-order valence-corrected chi connectivity index (χ0v) is 16.3. The Hall–Kier alpha value is -2.25. The molecule has 0 aliphatic carbocycles. The lowest BCUT2D eigenvalue weighted by Crippen LogP contribution is -2.28. The molecule has 2 aromatic rings. The van der Waals surface area contributed by atoms with Crippen LogP contribution in [0.4, 0.5) is 0 Å². The van der Waals surface area contributed by atoms with E-state index in [2.05, 4.69) is 18.6 Å². The van der Waals surface area contributed by atoms with Crippen molar-refractivity contribution in [3.63, 3.8) is 0 Å². The SMILES string of the molecule is COc1ccc(OC)c(S(=O)(=O)NCCOc2ccccc2C(C)C)c1. The molecule has 0 aliphatic rings. The molecule has 26 heavy (non-hydrogen) atoms. The van der Waals surface area contributed by atoms with E-state index in [0.29, 0.717) is 11.7 Å². The predicted octanol–water partition coefficient (Wildman–Crippen LogP) is 3.18. The van der Waals surface area contributed by atoms with Crippen molar-refractivity contribution in [2.45, 2.75) is 24.7 Å². The van der Waals surface area contributed by atoms with Gasteiger partial charge in [0.15, 0.2) is 0 Å². The van der Waals surface area contributed by atoms with Crippen LogP contribution in [0.3, 0.4) is 0 Å². The monoisotopic (exact) mass is 379 g/mol. The van der Waals surface area contributed by atoms with E-state index >= 15 is 0 Å². The molecule has 1 N–H and O–H groups in total. The van der Waals surface area contributed by atoms with Crippen molar-refractivity contribution in [1.82, 2.24) is 4.72 Å². The smallest absolute Gasteiger partial charge is 0.244 e. The average Bonchev–Trinajstić information content (AvgIpc) is 2.64. The Morgan fingerprint density at radius 3 is 2.38 bits per heavy atom. The van der Waals surface area contributed by atoms with Crippen LogP contribution in [0, 0.1) is 0 Å². The first-order valence-electron chi connectivity index (χ1n) is 8.32. The van der Waals surface area contributed by atoms with Gasteiger partial charge in [-0.3, -0.25) is 0 Å². The molecule has 7 heteroatoms. The highest BCUT2D eigenvalue weighted by atomic mass is 32.2. The summed E-state index contributed by atoms with van der Waals surface area (Å²) < 4.78 is 43.6. The number of sulfonamides is 1. The summed E-state index contributed by atoms with van der Waals surface area (Å²) in [7, 11) is -0.850. The van der Waals surface area contributed by atoms with Crippen LogP contribution in [0.5, 0.6) is 17.2 Å². The van der Waals surface area contributed by atoms with Gasteiger partial charge >= 0.3 is 0 Å². The number of hydrogen-bond donors (Lipinski definition) is 1. The van der Waals surface area contributed by atoms with E-state index in [1.165, 1.54) is 20.3 Å². The molecule has 0 bridgehead atoms. The molecule has 0 heterocycles. The highest BCUT2D eigenvalue weighted by molar-refractivity contribution is 7.89. The molecule has 0 radical (unpaired) electrons. The Morgan fingerprint density at radius 2 is 1.73 bits per heavy atom. The number of methoxy groups -OCH3 is 2. The second-order valence-corrected chi connectivity index (χ2v) is 7.69. The third kappa shape index (κ3) is 4.89. The van der Waals surface area contributed by atoms with Crippen LogP contribution in [0.2, 0.25) is 0 Å². The molecule has 0 unspecified atom stereocenters. The van der Waals surface area contributed by atoms with E-state index in [1.54, 1.807) is 12.1 Å². The van der Waals surface area contributed by atoms with Crippen molar-refractivity contribution in [2.24, 2.45) is 0 Å². The summed E-state index contributed by atoms with van der Waals surface area (Å²) in [6.07, 6.45) is 0. The maximum Gasteiger partial charge on any atom is 0.244 e. The molecule has 142 valence electrons. The first kappa shape index (κ1) is 20.1. The Morgan fingerprint density at radius 1 is 1.00 bits per heavy atom. The Balaban J connectivity index is 2.03. The topological polar surface area (TPSA) is 73.9 Å². The molecule has 0 fully saturated rings. The van der Waals surface area contributed by atoms with E-state index in [0.717, 1.165) is 11.3 Å². The van der Waals surface area contributed by atoms with Gasteiger partial charge in [-0.25, -0.2) is 13.1 Å². The summed E-state index contributed by atoms with van der Waals surface area (Å²) in [6, 6.07) is 12.4. The fraction of sp³-hybridized carbons (Fsp3) is 0.368. The van der Waals surface area contributed by atoms with Crippen molar-refractivity contribution in [1.29, 1.82) is 0 Å². The summed E-state index contributed by atoms with van der Waals surface area (Å²) >= 11 is 0. The number of ether oxygens (including phenoxy) is 3. The summed E-state index contributed by atoms with van der Waals surface area (Å²) in [5.41, 5.74) is 1.09. The molecule has 0 aliphatic heterocycles. The van der Waals surface area contributed by atoms with Gasteiger partial charge in [-0.05, 0) is 29.7 Å². The fourth-order valence-corrected chi connectivity index (χ4v) is 3.69. The highest BCUT2D eigenvalue weighted by Gasteiger charge is 2.20. The van der Waals surface area contributed by atoms with Crippen LogP contribution >= 0.6 is 0 Å². The van der Waals surface area contributed by atoms with Crippen molar-refractivity contribution in [3.8, 4) is 17.2 Å². The summed E-state index contributed by atoms with van der Waals surface area (Å²) in [6.45, 7) is 4.52. The molecule has 0 saturated carbocycles. The van der Waals surface area contributed by atoms with E-state index in [9.17, 15) is 8.42 Å². The largest absolute Gasteiger partial charge is 0.497 e. The van der Waals surface area contributed by atoms with E-state index < -0.39 is 10.0 Å². The minimum absolute atomic E-state index is 0.0296. The number of nitrogens with one attached hydrogen (secondary N) is 1. The molecule has 0 spiro atoms. The molecule has 2 aromatic carbocycles. The van der Waals surface area contributed by atoms with Crippen molar-refractivity contribution < 1.29 is 22.6 Å². The number of para-hydroxylation sites is 1. The average molecular weight is 379 g/mol. The summed E-state index contributed by atoms with van der Waals surface area (Å²) in [4.78, 5) is 0.0296.